The highest BCUT2D eigenvalue weighted by atomic mass is 32.2. The van der Waals surface area contributed by atoms with Gasteiger partial charge in [0, 0.05) is 12.2 Å². The molecule has 0 saturated carbocycles. The summed E-state index contributed by atoms with van der Waals surface area (Å²) in [4.78, 5) is 14.9. The van der Waals surface area contributed by atoms with E-state index < -0.39 is 15.8 Å². The van der Waals surface area contributed by atoms with Crippen LogP contribution >= 0.6 is 0 Å². The molecule has 0 spiro atoms. The molecule has 1 heterocycles. The van der Waals surface area contributed by atoms with Crippen molar-refractivity contribution in [2.75, 3.05) is 22.3 Å². The SMILES string of the molecule is O=C(CN(c1ccc(F)cc1)S(=O)(=O)c1ccccc1)N1CCCc2ccccc21. The first kappa shape index (κ1) is 20.1. The first-order chi connectivity index (χ1) is 14.5. The van der Waals surface area contributed by atoms with Crippen LogP contribution in [-0.4, -0.2) is 27.4 Å². The van der Waals surface area contributed by atoms with E-state index in [-0.39, 0.29) is 23.0 Å². The number of fused-ring (bicyclic) bond motifs is 1. The number of hydrogen-bond donors (Lipinski definition) is 0. The van der Waals surface area contributed by atoms with Gasteiger partial charge >= 0.3 is 0 Å². The highest BCUT2D eigenvalue weighted by Gasteiger charge is 2.30. The van der Waals surface area contributed by atoms with E-state index in [9.17, 15) is 17.6 Å². The molecule has 7 heteroatoms. The zero-order valence-electron chi connectivity index (χ0n) is 16.2. The Morgan fingerprint density at radius 2 is 1.60 bits per heavy atom. The molecule has 0 aromatic heterocycles. The Morgan fingerprint density at radius 1 is 0.933 bits per heavy atom. The van der Waals surface area contributed by atoms with Gasteiger partial charge in [0.25, 0.3) is 10.0 Å². The number of nitrogens with zero attached hydrogens (tertiary/aromatic N) is 2. The Morgan fingerprint density at radius 3 is 2.33 bits per heavy atom. The molecule has 4 rings (SSSR count). The fraction of sp³-hybridized carbons (Fsp3) is 0.174. The highest BCUT2D eigenvalue weighted by molar-refractivity contribution is 7.92. The fourth-order valence-corrected chi connectivity index (χ4v) is 5.08. The maximum atomic E-state index is 13.4. The van der Waals surface area contributed by atoms with Crippen molar-refractivity contribution in [3.8, 4) is 0 Å². The minimum atomic E-state index is -4.01. The lowest BCUT2D eigenvalue weighted by molar-refractivity contribution is -0.117. The van der Waals surface area contributed by atoms with E-state index in [1.807, 2.05) is 24.3 Å². The summed E-state index contributed by atoms with van der Waals surface area (Å²) in [6.07, 6.45) is 1.69. The standard InChI is InChI=1S/C23H21FN2O3S/c24-19-12-14-20(15-13-19)26(30(28,29)21-9-2-1-3-10-21)17-23(27)25-16-6-8-18-7-4-5-11-22(18)25/h1-5,7,9-15H,6,8,16-17H2. The first-order valence-electron chi connectivity index (χ1n) is 9.68. The van der Waals surface area contributed by atoms with Gasteiger partial charge in [0.15, 0.2) is 0 Å². The van der Waals surface area contributed by atoms with Crippen LogP contribution in [0.1, 0.15) is 12.0 Å². The molecule has 0 radical (unpaired) electrons. The number of aryl methyl sites for hydroxylation is 1. The van der Waals surface area contributed by atoms with E-state index in [4.69, 9.17) is 0 Å². The van der Waals surface area contributed by atoms with Crippen molar-refractivity contribution in [2.24, 2.45) is 0 Å². The van der Waals surface area contributed by atoms with Gasteiger partial charge in [-0.25, -0.2) is 12.8 Å². The number of carbonyl (C=O) groups is 1. The second-order valence-electron chi connectivity index (χ2n) is 7.08. The highest BCUT2D eigenvalue weighted by Crippen LogP contribution is 2.29. The molecule has 3 aromatic carbocycles. The molecule has 0 unspecified atom stereocenters. The molecule has 1 aliphatic heterocycles. The van der Waals surface area contributed by atoms with Gasteiger partial charge in [0.05, 0.1) is 10.6 Å². The summed E-state index contributed by atoms with van der Waals surface area (Å²) in [6, 6.07) is 20.7. The topological polar surface area (TPSA) is 57.7 Å². The lowest BCUT2D eigenvalue weighted by atomic mass is 10.0. The Hall–Kier alpha value is -3.19. The molecule has 1 amide bonds. The van der Waals surface area contributed by atoms with Gasteiger partial charge < -0.3 is 4.90 Å². The van der Waals surface area contributed by atoms with Gasteiger partial charge in [-0.3, -0.25) is 9.10 Å². The second-order valence-corrected chi connectivity index (χ2v) is 8.94. The first-order valence-corrected chi connectivity index (χ1v) is 11.1. The normalized spacial score (nSPS) is 13.6. The van der Waals surface area contributed by atoms with Gasteiger partial charge in [0.2, 0.25) is 5.91 Å². The fourth-order valence-electron chi connectivity index (χ4n) is 3.64. The van der Waals surface area contributed by atoms with Gasteiger partial charge in [0.1, 0.15) is 12.4 Å². The molecule has 0 fully saturated rings. The number of rotatable bonds is 5. The van der Waals surface area contributed by atoms with Gasteiger partial charge in [-0.1, -0.05) is 36.4 Å². The van der Waals surface area contributed by atoms with Crippen LogP contribution in [0, 0.1) is 5.82 Å². The van der Waals surface area contributed by atoms with Crippen LogP contribution in [0.25, 0.3) is 0 Å². The van der Waals surface area contributed by atoms with Crippen LogP contribution in [0.4, 0.5) is 15.8 Å². The maximum Gasteiger partial charge on any atom is 0.264 e. The Kier molecular flexibility index (Phi) is 5.55. The summed E-state index contributed by atoms with van der Waals surface area (Å²) >= 11 is 0. The Balaban J connectivity index is 1.71. The van der Waals surface area contributed by atoms with E-state index in [2.05, 4.69) is 0 Å². The predicted molar refractivity (Wildman–Crippen MR) is 114 cm³/mol. The van der Waals surface area contributed by atoms with Crippen molar-refractivity contribution in [3.63, 3.8) is 0 Å². The number of sulfonamides is 1. The summed E-state index contributed by atoms with van der Waals surface area (Å²) in [7, 11) is -4.01. The molecule has 0 bridgehead atoms. The third kappa shape index (κ3) is 3.93. The van der Waals surface area contributed by atoms with Gasteiger partial charge in [-0.15, -0.1) is 0 Å². The third-order valence-corrected chi connectivity index (χ3v) is 6.92. The number of benzene rings is 3. The molecule has 5 nitrogen and oxygen atoms in total. The summed E-state index contributed by atoms with van der Waals surface area (Å²) in [6.45, 7) is 0.148. The molecule has 154 valence electrons. The van der Waals surface area contributed by atoms with Crippen molar-refractivity contribution in [1.82, 2.24) is 0 Å². The zero-order valence-corrected chi connectivity index (χ0v) is 17.1. The summed E-state index contributed by atoms with van der Waals surface area (Å²) in [5.74, 6) is -0.807. The smallest absolute Gasteiger partial charge is 0.264 e. The number of carbonyl (C=O) groups excluding carboxylic acids is 1. The lowest BCUT2D eigenvalue weighted by Crippen LogP contribution is -2.45. The monoisotopic (exact) mass is 424 g/mol. The molecule has 0 atom stereocenters. The summed E-state index contributed by atoms with van der Waals surface area (Å²) < 4.78 is 41.2. The van der Waals surface area contributed by atoms with Crippen molar-refractivity contribution in [1.29, 1.82) is 0 Å². The van der Waals surface area contributed by atoms with E-state index in [0.29, 0.717) is 6.54 Å². The molecule has 30 heavy (non-hydrogen) atoms. The largest absolute Gasteiger partial charge is 0.311 e. The van der Waals surface area contributed by atoms with Gasteiger partial charge in [-0.2, -0.15) is 0 Å². The third-order valence-electron chi connectivity index (χ3n) is 5.14. The van der Waals surface area contributed by atoms with E-state index in [1.165, 1.54) is 36.4 Å². The molecular weight excluding hydrogens is 403 g/mol. The molecule has 0 aliphatic carbocycles. The zero-order chi connectivity index (χ0) is 21.1. The van der Waals surface area contributed by atoms with Gasteiger partial charge in [-0.05, 0) is 60.9 Å². The number of para-hydroxylation sites is 1. The van der Waals surface area contributed by atoms with Crippen LogP contribution < -0.4 is 9.21 Å². The molecule has 1 aliphatic rings. The van der Waals surface area contributed by atoms with Crippen LogP contribution in [0.3, 0.4) is 0 Å². The number of halogens is 1. The van der Waals surface area contributed by atoms with Crippen molar-refractivity contribution in [2.45, 2.75) is 17.7 Å². The molecule has 3 aromatic rings. The van der Waals surface area contributed by atoms with E-state index in [1.54, 1.807) is 23.1 Å². The predicted octanol–water partition coefficient (Wildman–Crippen LogP) is 4.00. The van der Waals surface area contributed by atoms with Crippen molar-refractivity contribution < 1.29 is 17.6 Å². The van der Waals surface area contributed by atoms with Crippen LogP contribution in [0.2, 0.25) is 0 Å². The summed E-state index contributed by atoms with van der Waals surface area (Å²) in [5, 5.41) is 0. The quantitative estimate of drug-likeness (QED) is 0.622. The van der Waals surface area contributed by atoms with Crippen LogP contribution in [0.15, 0.2) is 83.8 Å². The number of anilines is 2. The molecule has 0 saturated heterocycles. The summed E-state index contributed by atoms with van der Waals surface area (Å²) in [5.41, 5.74) is 2.11. The van der Waals surface area contributed by atoms with E-state index in [0.717, 1.165) is 28.4 Å². The number of amides is 1. The Bertz CT molecular complexity index is 1150. The maximum absolute atomic E-state index is 13.4. The Labute approximate surface area is 175 Å². The second kappa shape index (κ2) is 8.28. The van der Waals surface area contributed by atoms with Crippen LogP contribution in [-0.2, 0) is 21.2 Å². The molecular formula is C23H21FN2O3S. The minimum absolute atomic E-state index is 0.0705. The average molecular weight is 424 g/mol. The number of hydrogen-bond acceptors (Lipinski definition) is 3. The van der Waals surface area contributed by atoms with E-state index >= 15 is 0 Å². The minimum Gasteiger partial charge on any atom is -0.311 e. The lowest BCUT2D eigenvalue weighted by Gasteiger charge is -2.32. The van der Waals surface area contributed by atoms with Crippen molar-refractivity contribution >= 4 is 27.3 Å². The average Bonchev–Trinajstić information content (AvgIpc) is 2.78. The van der Waals surface area contributed by atoms with Crippen molar-refractivity contribution in [3.05, 3.63) is 90.2 Å². The van der Waals surface area contributed by atoms with Crippen LogP contribution in [0.5, 0.6) is 0 Å². The molecule has 0 N–H and O–H groups in total.